The molecular weight excluding hydrogens is 324 g/mol. The van der Waals surface area contributed by atoms with Crippen molar-refractivity contribution in [1.29, 1.82) is 0 Å². The van der Waals surface area contributed by atoms with E-state index in [1.165, 1.54) is 38.5 Å². The van der Waals surface area contributed by atoms with Crippen molar-refractivity contribution in [3.8, 4) is 11.1 Å². The molecule has 0 heterocycles. The van der Waals surface area contributed by atoms with Crippen LogP contribution in [0.4, 0.5) is 0 Å². The summed E-state index contributed by atoms with van der Waals surface area (Å²) in [6.45, 7) is 2.69. The number of hydrogen-bond donors (Lipinski definition) is 0. The Hall–Kier alpha value is -2.13. The maximum absolute atomic E-state index is 12.1. The van der Waals surface area contributed by atoms with E-state index in [-0.39, 0.29) is 0 Å². The van der Waals surface area contributed by atoms with Gasteiger partial charge in [0.15, 0.2) is 0 Å². The van der Waals surface area contributed by atoms with E-state index < -0.39 is 5.97 Å². The molecule has 0 amide bonds. The van der Waals surface area contributed by atoms with Gasteiger partial charge in [-0.2, -0.15) is 4.89 Å². The molecule has 0 atom stereocenters. The minimum Gasteiger partial charge on any atom is -0.293 e. The van der Waals surface area contributed by atoms with Gasteiger partial charge in [-0.15, -0.1) is 0 Å². The van der Waals surface area contributed by atoms with Crippen molar-refractivity contribution >= 4 is 5.97 Å². The number of hydrogen-bond acceptors (Lipinski definition) is 3. The Morgan fingerprint density at radius 1 is 0.769 bits per heavy atom. The number of benzene rings is 2. The van der Waals surface area contributed by atoms with Crippen molar-refractivity contribution in [3.05, 3.63) is 60.2 Å². The summed E-state index contributed by atoms with van der Waals surface area (Å²) in [5.74, 6) is -0.442. The van der Waals surface area contributed by atoms with Gasteiger partial charge in [-0.3, -0.25) is 4.89 Å². The van der Waals surface area contributed by atoms with Crippen LogP contribution in [0.5, 0.6) is 0 Å². The first kappa shape index (κ1) is 20.2. The minimum absolute atomic E-state index is 0.442. The lowest BCUT2D eigenvalue weighted by Gasteiger charge is -2.06. The quantitative estimate of drug-likeness (QED) is 0.245. The van der Waals surface area contributed by atoms with E-state index in [0.29, 0.717) is 12.2 Å². The molecule has 0 N–H and O–H groups in total. The van der Waals surface area contributed by atoms with Crippen LogP contribution in [-0.4, -0.2) is 12.6 Å². The second kappa shape index (κ2) is 12.3. The highest BCUT2D eigenvalue weighted by Gasteiger charge is 2.09. The zero-order valence-electron chi connectivity index (χ0n) is 15.8. The number of rotatable bonds is 12. The molecule has 0 bridgehead atoms. The summed E-state index contributed by atoms with van der Waals surface area (Å²) < 4.78 is 0. The Bertz CT molecular complexity index is 637. The minimum atomic E-state index is -0.442. The second-order valence-electron chi connectivity index (χ2n) is 6.61. The van der Waals surface area contributed by atoms with Crippen LogP contribution < -0.4 is 0 Å². The molecule has 2 aromatic rings. The van der Waals surface area contributed by atoms with Crippen molar-refractivity contribution in [3.63, 3.8) is 0 Å². The third-order valence-corrected chi connectivity index (χ3v) is 4.42. The van der Waals surface area contributed by atoms with Crippen LogP contribution in [0.1, 0.15) is 68.6 Å². The lowest BCUT2D eigenvalue weighted by atomic mass is 10.0. The Morgan fingerprint density at radius 2 is 1.42 bits per heavy atom. The van der Waals surface area contributed by atoms with Crippen molar-refractivity contribution < 1.29 is 14.6 Å². The summed E-state index contributed by atoms with van der Waals surface area (Å²) in [4.78, 5) is 22.1. The smallest absolute Gasteiger partial charge is 0.293 e. The average Bonchev–Trinajstić information content (AvgIpc) is 2.70. The zero-order valence-corrected chi connectivity index (χ0v) is 15.8. The van der Waals surface area contributed by atoms with Gasteiger partial charge in [0.25, 0.3) is 0 Å². The Labute approximate surface area is 157 Å². The van der Waals surface area contributed by atoms with Crippen LogP contribution in [-0.2, 0) is 9.78 Å². The molecule has 3 heteroatoms. The summed E-state index contributed by atoms with van der Waals surface area (Å²) in [5, 5.41) is 0. The van der Waals surface area contributed by atoms with E-state index in [0.717, 1.165) is 24.0 Å². The first-order chi connectivity index (χ1) is 12.8. The maximum atomic E-state index is 12.1. The van der Waals surface area contributed by atoms with Gasteiger partial charge < -0.3 is 0 Å². The zero-order chi connectivity index (χ0) is 18.5. The van der Waals surface area contributed by atoms with Crippen LogP contribution in [0.2, 0.25) is 0 Å². The first-order valence-corrected chi connectivity index (χ1v) is 9.80. The molecule has 2 aromatic carbocycles. The van der Waals surface area contributed by atoms with Gasteiger partial charge in [0.2, 0.25) is 0 Å². The van der Waals surface area contributed by atoms with Crippen LogP contribution in [0.15, 0.2) is 54.6 Å². The normalized spacial score (nSPS) is 10.7. The molecule has 0 saturated carbocycles. The lowest BCUT2D eigenvalue weighted by molar-refractivity contribution is -0.241. The SMILES string of the molecule is CCCCCCCCCCOOC(=O)c1cccc(-c2ccccc2)c1. The van der Waals surface area contributed by atoms with Crippen molar-refractivity contribution in [1.82, 2.24) is 0 Å². The number of carbonyl (C=O) groups excluding carboxylic acids is 1. The summed E-state index contributed by atoms with van der Waals surface area (Å²) in [5.41, 5.74) is 2.56. The van der Waals surface area contributed by atoms with Gasteiger partial charge in [-0.1, -0.05) is 94.3 Å². The number of unbranched alkanes of at least 4 members (excludes halogenated alkanes) is 7. The van der Waals surface area contributed by atoms with Crippen LogP contribution in [0.3, 0.4) is 0 Å². The van der Waals surface area contributed by atoms with Crippen LogP contribution >= 0.6 is 0 Å². The highest BCUT2D eigenvalue weighted by atomic mass is 17.2. The van der Waals surface area contributed by atoms with Crippen molar-refractivity contribution in [2.24, 2.45) is 0 Å². The molecule has 0 unspecified atom stereocenters. The first-order valence-electron chi connectivity index (χ1n) is 9.80. The van der Waals surface area contributed by atoms with Gasteiger partial charge in [0.1, 0.15) is 0 Å². The molecule has 0 aromatic heterocycles. The fourth-order valence-electron chi connectivity index (χ4n) is 2.89. The lowest BCUT2D eigenvalue weighted by Crippen LogP contribution is -2.07. The van der Waals surface area contributed by atoms with E-state index in [1.807, 2.05) is 48.5 Å². The molecule has 0 spiro atoms. The van der Waals surface area contributed by atoms with E-state index >= 15 is 0 Å². The van der Waals surface area contributed by atoms with Crippen LogP contribution in [0.25, 0.3) is 11.1 Å². The molecule has 0 aliphatic carbocycles. The standard InChI is InChI=1S/C23H30O3/c1-2-3-4-5-6-7-8-12-18-25-26-23(24)22-17-13-16-21(19-22)20-14-10-9-11-15-20/h9-11,13-17,19H,2-8,12,18H2,1H3. The van der Waals surface area contributed by atoms with Crippen LogP contribution in [0, 0.1) is 0 Å². The summed E-state index contributed by atoms with van der Waals surface area (Å²) in [6.07, 6.45) is 9.83. The molecule has 0 aliphatic heterocycles. The van der Waals surface area contributed by atoms with E-state index in [4.69, 9.17) is 9.78 Å². The summed E-state index contributed by atoms with van der Waals surface area (Å²) in [7, 11) is 0. The molecule has 0 fully saturated rings. The van der Waals surface area contributed by atoms with E-state index in [9.17, 15) is 4.79 Å². The van der Waals surface area contributed by atoms with Gasteiger partial charge in [0.05, 0.1) is 12.2 Å². The highest BCUT2D eigenvalue weighted by Crippen LogP contribution is 2.20. The van der Waals surface area contributed by atoms with Gasteiger partial charge >= 0.3 is 5.97 Å². The molecule has 140 valence electrons. The Balaban J connectivity index is 1.64. The van der Waals surface area contributed by atoms with Crippen molar-refractivity contribution in [2.75, 3.05) is 6.61 Å². The number of carbonyl (C=O) groups is 1. The highest BCUT2D eigenvalue weighted by molar-refractivity contribution is 5.90. The van der Waals surface area contributed by atoms with Gasteiger partial charge in [-0.25, -0.2) is 4.79 Å². The van der Waals surface area contributed by atoms with Crippen molar-refractivity contribution in [2.45, 2.75) is 58.3 Å². The third-order valence-electron chi connectivity index (χ3n) is 4.42. The molecule has 2 rings (SSSR count). The second-order valence-corrected chi connectivity index (χ2v) is 6.61. The fourth-order valence-corrected chi connectivity index (χ4v) is 2.89. The predicted molar refractivity (Wildman–Crippen MR) is 106 cm³/mol. The average molecular weight is 354 g/mol. The Kier molecular flexibility index (Phi) is 9.52. The topological polar surface area (TPSA) is 35.5 Å². The molecule has 0 aliphatic rings. The third kappa shape index (κ3) is 7.40. The van der Waals surface area contributed by atoms with E-state index in [2.05, 4.69) is 6.92 Å². The molecule has 0 radical (unpaired) electrons. The fraction of sp³-hybridized carbons (Fsp3) is 0.435. The monoisotopic (exact) mass is 354 g/mol. The molecule has 26 heavy (non-hydrogen) atoms. The molecule has 0 saturated heterocycles. The largest absolute Gasteiger partial charge is 0.373 e. The van der Waals surface area contributed by atoms with E-state index in [1.54, 1.807) is 6.07 Å². The predicted octanol–water partition coefficient (Wildman–Crippen LogP) is 6.58. The molecular formula is C23H30O3. The van der Waals surface area contributed by atoms with Gasteiger partial charge in [-0.05, 0) is 29.7 Å². The summed E-state index contributed by atoms with van der Waals surface area (Å²) in [6, 6.07) is 17.4. The summed E-state index contributed by atoms with van der Waals surface area (Å²) >= 11 is 0. The maximum Gasteiger partial charge on any atom is 0.373 e. The molecule has 3 nitrogen and oxygen atoms in total. The van der Waals surface area contributed by atoms with Gasteiger partial charge in [0, 0.05) is 0 Å². The Morgan fingerprint density at radius 3 is 2.15 bits per heavy atom.